The van der Waals surface area contributed by atoms with E-state index in [9.17, 15) is 0 Å². The summed E-state index contributed by atoms with van der Waals surface area (Å²) in [5.74, 6) is 2.79. The van der Waals surface area contributed by atoms with Gasteiger partial charge in [0.2, 0.25) is 0 Å². The fourth-order valence-electron chi connectivity index (χ4n) is 2.89. The summed E-state index contributed by atoms with van der Waals surface area (Å²) in [5, 5.41) is 3.66. The number of nitrogens with one attached hydrogen (secondary N) is 1. The van der Waals surface area contributed by atoms with Gasteiger partial charge in [0.1, 0.15) is 5.76 Å². The Morgan fingerprint density at radius 2 is 2.12 bits per heavy atom. The molecule has 0 bridgehead atoms. The summed E-state index contributed by atoms with van der Waals surface area (Å²) in [6, 6.07) is 4.55. The van der Waals surface area contributed by atoms with Gasteiger partial charge in [-0.05, 0) is 49.8 Å². The third-order valence-electron chi connectivity index (χ3n) is 4.00. The molecule has 17 heavy (non-hydrogen) atoms. The van der Waals surface area contributed by atoms with Crippen LogP contribution in [-0.4, -0.2) is 6.54 Å². The fraction of sp³-hybridized carbons (Fsp3) is 0.733. The first kappa shape index (κ1) is 12.7. The van der Waals surface area contributed by atoms with Gasteiger partial charge in [-0.2, -0.15) is 0 Å². The van der Waals surface area contributed by atoms with Crippen LogP contribution < -0.4 is 5.32 Å². The van der Waals surface area contributed by atoms with Crippen molar-refractivity contribution >= 4 is 0 Å². The molecule has 96 valence electrons. The van der Waals surface area contributed by atoms with E-state index in [4.69, 9.17) is 4.42 Å². The third kappa shape index (κ3) is 3.35. The Bertz CT molecular complexity index is 299. The van der Waals surface area contributed by atoms with E-state index in [1.54, 1.807) is 6.26 Å². The molecule has 1 atom stereocenters. The lowest BCUT2D eigenvalue weighted by Gasteiger charge is -2.32. The van der Waals surface area contributed by atoms with Crippen LogP contribution in [-0.2, 0) is 0 Å². The minimum atomic E-state index is 0.428. The van der Waals surface area contributed by atoms with Crippen LogP contribution in [0.15, 0.2) is 22.8 Å². The van der Waals surface area contributed by atoms with Crippen molar-refractivity contribution in [1.29, 1.82) is 0 Å². The van der Waals surface area contributed by atoms with Gasteiger partial charge in [0.05, 0.1) is 12.3 Å². The summed E-state index contributed by atoms with van der Waals surface area (Å²) >= 11 is 0. The molecule has 1 N–H and O–H groups in total. The van der Waals surface area contributed by atoms with Crippen molar-refractivity contribution in [2.45, 2.75) is 52.0 Å². The van der Waals surface area contributed by atoms with Gasteiger partial charge in [-0.3, -0.25) is 0 Å². The maximum atomic E-state index is 5.61. The highest BCUT2D eigenvalue weighted by Gasteiger charge is 2.28. The van der Waals surface area contributed by atoms with E-state index >= 15 is 0 Å². The summed E-state index contributed by atoms with van der Waals surface area (Å²) in [5.41, 5.74) is 0. The van der Waals surface area contributed by atoms with Crippen molar-refractivity contribution in [2.24, 2.45) is 11.8 Å². The lowest BCUT2D eigenvalue weighted by molar-refractivity contribution is 0.213. The van der Waals surface area contributed by atoms with Gasteiger partial charge in [0.25, 0.3) is 0 Å². The average Bonchev–Trinajstić information content (AvgIpc) is 2.85. The van der Waals surface area contributed by atoms with Crippen molar-refractivity contribution in [3.05, 3.63) is 24.2 Å². The molecule has 0 saturated heterocycles. The third-order valence-corrected chi connectivity index (χ3v) is 4.00. The Kier molecular flexibility index (Phi) is 4.66. The van der Waals surface area contributed by atoms with Crippen LogP contribution in [0.3, 0.4) is 0 Å². The molecular formula is C15H25NO. The minimum Gasteiger partial charge on any atom is -0.468 e. The maximum absolute atomic E-state index is 5.61. The summed E-state index contributed by atoms with van der Waals surface area (Å²) in [7, 11) is 0. The summed E-state index contributed by atoms with van der Waals surface area (Å²) in [6.07, 6.45) is 8.39. The quantitative estimate of drug-likeness (QED) is 0.829. The predicted molar refractivity (Wildman–Crippen MR) is 70.9 cm³/mol. The molecule has 0 aliphatic heterocycles. The minimum absolute atomic E-state index is 0.428. The first-order valence-corrected chi connectivity index (χ1v) is 7.08. The van der Waals surface area contributed by atoms with Gasteiger partial charge in [-0.1, -0.05) is 26.7 Å². The average molecular weight is 235 g/mol. The number of hydrogen-bond acceptors (Lipinski definition) is 2. The van der Waals surface area contributed by atoms with E-state index in [2.05, 4.69) is 25.2 Å². The van der Waals surface area contributed by atoms with Crippen LogP contribution in [0.2, 0.25) is 0 Å². The van der Waals surface area contributed by atoms with E-state index in [1.165, 1.54) is 32.1 Å². The Morgan fingerprint density at radius 3 is 2.71 bits per heavy atom. The van der Waals surface area contributed by atoms with E-state index in [0.717, 1.165) is 24.1 Å². The first-order chi connectivity index (χ1) is 8.31. The van der Waals surface area contributed by atoms with Gasteiger partial charge in [0, 0.05) is 0 Å². The fourth-order valence-corrected chi connectivity index (χ4v) is 2.89. The zero-order valence-corrected chi connectivity index (χ0v) is 11.1. The van der Waals surface area contributed by atoms with E-state index in [0.29, 0.717) is 6.04 Å². The molecule has 0 spiro atoms. The summed E-state index contributed by atoms with van der Waals surface area (Å²) < 4.78 is 5.61. The van der Waals surface area contributed by atoms with Crippen LogP contribution in [0.4, 0.5) is 0 Å². The van der Waals surface area contributed by atoms with Crippen LogP contribution in [0.25, 0.3) is 0 Å². The molecule has 1 heterocycles. The highest BCUT2D eigenvalue weighted by Crippen LogP contribution is 2.36. The monoisotopic (exact) mass is 235 g/mol. The highest BCUT2D eigenvalue weighted by atomic mass is 16.3. The van der Waals surface area contributed by atoms with Crippen molar-refractivity contribution in [1.82, 2.24) is 5.32 Å². The summed E-state index contributed by atoms with van der Waals surface area (Å²) in [6.45, 7) is 5.67. The molecule has 1 unspecified atom stereocenters. The molecule has 1 fully saturated rings. The molecule has 1 saturated carbocycles. The standard InChI is InChI=1S/C15H25NO/c1-3-10-16-15(14-5-4-11-17-14)13-8-6-12(2)7-9-13/h4-5,11-13,15-16H,3,6-10H2,1-2H3. The molecule has 2 rings (SSSR count). The molecule has 2 nitrogen and oxygen atoms in total. The Labute approximate surface area is 105 Å². The van der Waals surface area contributed by atoms with Gasteiger partial charge in [0.15, 0.2) is 0 Å². The van der Waals surface area contributed by atoms with Gasteiger partial charge in [-0.25, -0.2) is 0 Å². The molecule has 0 amide bonds. The number of rotatable bonds is 5. The molecule has 1 aliphatic rings. The second-order valence-electron chi connectivity index (χ2n) is 5.47. The molecule has 0 radical (unpaired) electrons. The normalized spacial score (nSPS) is 26.9. The van der Waals surface area contributed by atoms with Crippen LogP contribution in [0, 0.1) is 11.8 Å². The Hall–Kier alpha value is -0.760. The van der Waals surface area contributed by atoms with Gasteiger partial charge < -0.3 is 9.73 Å². The van der Waals surface area contributed by atoms with E-state index in [1.807, 2.05) is 6.07 Å². The lowest BCUT2D eigenvalue weighted by atomic mass is 9.78. The smallest absolute Gasteiger partial charge is 0.120 e. The molecule has 1 aromatic rings. The second kappa shape index (κ2) is 6.25. The summed E-state index contributed by atoms with van der Waals surface area (Å²) in [4.78, 5) is 0. The Morgan fingerprint density at radius 1 is 1.35 bits per heavy atom. The topological polar surface area (TPSA) is 25.2 Å². The SMILES string of the molecule is CCCNC(c1ccco1)C1CCC(C)CC1. The van der Waals surface area contributed by atoms with Gasteiger partial charge >= 0.3 is 0 Å². The predicted octanol–water partition coefficient (Wildman–Crippen LogP) is 4.15. The lowest BCUT2D eigenvalue weighted by Crippen LogP contribution is -2.31. The Balaban J connectivity index is 2.00. The first-order valence-electron chi connectivity index (χ1n) is 7.08. The van der Waals surface area contributed by atoms with E-state index < -0.39 is 0 Å². The molecule has 1 aliphatic carbocycles. The molecule has 2 heteroatoms. The van der Waals surface area contributed by atoms with Crippen LogP contribution >= 0.6 is 0 Å². The number of hydrogen-bond donors (Lipinski definition) is 1. The zero-order valence-electron chi connectivity index (χ0n) is 11.1. The molecule has 0 aromatic carbocycles. The molecular weight excluding hydrogens is 210 g/mol. The van der Waals surface area contributed by atoms with Crippen molar-refractivity contribution in [3.63, 3.8) is 0 Å². The van der Waals surface area contributed by atoms with Gasteiger partial charge in [-0.15, -0.1) is 0 Å². The second-order valence-corrected chi connectivity index (χ2v) is 5.47. The largest absolute Gasteiger partial charge is 0.468 e. The molecule has 1 aromatic heterocycles. The van der Waals surface area contributed by atoms with Crippen LogP contribution in [0.5, 0.6) is 0 Å². The van der Waals surface area contributed by atoms with Crippen molar-refractivity contribution < 1.29 is 4.42 Å². The highest BCUT2D eigenvalue weighted by molar-refractivity contribution is 5.06. The van der Waals surface area contributed by atoms with Crippen molar-refractivity contribution in [3.8, 4) is 0 Å². The zero-order chi connectivity index (χ0) is 12.1. The van der Waals surface area contributed by atoms with Crippen molar-refractivity contribution in [2.75, 3.05) is 6.54 Å². The van der Waals surface area contributed by atoms with Crippen LogP contribution in [0.1, 0.15) is 57.8 Å². The van der Waals surface area contributed by atoms with E-state index in [-0.39, 0.29) is 0 Å². The maximum Gasteiger partial charge on any atom is 0.120 e. The number of furan rings is 1.